The fourth-order valence-electron chi connectivity index (χ4n) is 1.54. The van der Waals surface area contributed by atoms with Crippen LogP contribution in [0.2, 0.25) is 0 Å². The minimum atomic E-state index is -3.02. The van der Waals surface area contributed by atoms with Crippen LogP contribution in [0.3, 0.4) is 0 Å². The Morgan fingerprint density at radius 3 is 2.65 bits per heavy atom. The molecule has 0 fully saturated rings. The third-order valence-electron chi connectivity index (χ3n) is 2.42. The van der Waals surface area contributed by atoms with Crippen molar-refractivity contribution in [2.75, 3.05) is 31.0 Å². The van der Waals surface area contributed by atoms with Crippen LogP contribution in [0.1, 0.15) is 23.7 Å². The quantitative estimate of drug-likeness (QED) is 0.463. The summed E-state index contributed by atoms with van der Waals surface area (Å²) in [7, 11) is -3.02. The molecule has 0 saturated heterocycles. The number of hydrogen-bond donors (Lipinski definition) is 1. The van der Waals surface area contributed by atoms with Crippen LogP contribution in [0.15, 0.2) is 18.2 Å². The predicted molar refractivity (Wildman–Crippen MR) is 76.6 cm³/mol. The SMILES string of the molecule is CCOC(=O)c1ccc(N)cc1OCCCS(C)(=O)=O. The number of nitrogens with two attached hydrogens (primary N) is 1. The van der Waals surface area contributed by atoms with Gasteiger partial charge in [0.05, 0.1) is 19.0 Å². The fraction of sp³-hybridized carbons (Fsp3) is 0.462. The van der Waals surface area contributed by atoms with Crippen molar-refractivity contribution in [1.29, 1.82) is 0 Å². The highest BCUT2D eigenvalue weighted by Gasteiger charge is 2.14. The third-order valence-corrected chi connectivity index (χ3v) is 3.45. The molecule has 112 valence electrons. The Bertz CT molecular complexity index is 568. The second-order valence-corrected chi connectivity index (χ2v) is 6.57. The van der Waals surface area contributed by atoms with Crippen molar-refractivity contribution in [1.82, 2.24) is 0 Å². The lowest BCUT2D eigenvalue weighted by atomic mass is 10.2. The lowest BCUT2D eigenvalue weighted by molar-refractivity contribution is 0.0521. The molecule has 0 aliphatic heterocycles. The second kappa shape index (κ2) is 7.14. The Kier molecular flexibility index (Phi) is 5.82. The number of carbonyl (C=O) groups excluding carboxylic acids is 1. The number of ether oxygens (including phenoxy) is 2. The first kappa shape index (κ1) is 16.3. The van der Waals surface area contributed by atoms with Gasteiger partial charge in [-0.3, -0.25) is 0 Å². The molecule has 0 atom stereocenters. The third kappa shape index (κ3) is 5.48. The number of rotatable bonds is 7. The normalized spacial score (nSPS) is 11.1. The average Bonchev–Trinajstić information content (AvgIpc) is 2.34. The molecule has 0 radical (unpaired) electrons. The van der Waals surface area contributed by atoms with Crippen LogP contribution in [0, 0.1) is 0 Å². The van der Waals surface area contributed by atoms with E-state index < -0.39 is 15.8 Å². The van der Waals surface area contributed by atoms with Crippen molar-refractivity contribution in [3.63, 3.8) is 0 Å². The maximum atomic E-state index is 11.7. The van der Waals surface area contributed by atoms with Gasteiger partial charge in [-0.1, -0.05) is 0 Å². The number of nitrogen functional groups attached to an aromatic ring is 1. The van der Waals surface area contributed by atoms with Crippen LogP contribution < -0.4 is 10.5 Å². The molecule has 1 aromatic rings. The molecule has 2 N–H and O–H groups in total. The van der Waals surface area contributed by atoms with E-state index in [0.717, 1.165) is 6.26 Å². The molecule has 0 aromatic heterocycles. The molecule has 0 heterocycles. The number of benzene rings is 1. The van der Waals surface area contributed by atoms with Gasteiger partial charge in [0.25, 0.3) is 0 Å². The van der Waals surface area contributed by atoms with Crippen molar-refractivity contribution < 1.29 is 22.7 Å². The minimum absolute atomic E-state index is 0.0318. The number of hydrogen-bond acceptors (Lipinski definition) is 6. The minimum Gasteiger partial charge on any atom is -0.493 e. The Labute approximate surface area is 118 Å². The standard InChI is InChI=1S/C13H19NO5S/c1-3-18-13(15)11-6-5-10(14)9-12(11)19-7-4-8-20(2,16)17/h5-6,9H,3-4,7-8,14H2,1-2H3. The highest BCUT2D eigenvalue weighted by atomic mass is 32.2. The van der Waals surface area contributed by atoms with Gasteiger partial charge in [-0.15, -0.1) is 0 Å². The summed E-state index contributed by atoms with van der Waals surface area (Å²) in [4.78, 5) is 11.7. The molecule has 0 saturated carbocycles. The Hall–Kier alpha value is -1.76. The van der Waals surface area contributed by atoms with Crippen molar-refractivity contribution >= 4 is 21.5 Å². The molecule has 6 nitrogen and oxygen atoms in total. The molecule has 1 rings (SSSR count). The monoisotopic (exact) mass is 301 g/mol. The van der Waals surface area contributed by atoms with Gasteiger partial charge in [0.15, 0.2) is 0 Å². The number of sulfone groups is 1. The van der Waals surface area contributed by atoms with Crippen LogP contribution in [0.25, 0.3) is 0 Å². The van der Waals surface area contributed by atoms with Crippen LogP contribution in [0.4, 0.5) is 5.69 Å². The van der Waals surface area contributed by atoms with Gasteiger partial charge in [-0.2, -0.15) is 0 Å². The van der Waals surface area contributed by atoms with E-state index in [2.05, 4.69) is 0 Å². The lowest BCUT2D eigenvalue weighted by Crippen LogP contribution is -2.11. The van der Waals surface area contributed by atoms with Crippen molar-refractivity contribution in [2.45, 2.75) is 13.3 Å². The Morgan fingerprint density at radius 2 is 2.05 bits per heavy atom. The summed E-state index contributed by atoms with van der Waals surface area (Å²) in [5.41, 5.74) is 6.38. The van der Waals surface area contributed by atoms with Crippen LogP contribution >= 0.6 is 0 Å². The molecular weight excluding hydrogens is 282 g/mol. The summed E-state index contributed by atoms with van der Waals surface area (Å²) in [5, 5.41) is 0. The van der Waals surface area contributed by atoms with Crippen LogP contribution in [0.5, 0.6) is 5.75 Å². The first-order valence-electron chi connectivity index (χ1n) is 6.20. The van der Waals surface area contributed by atoms with E-state index in [1.54, 1.807) is 13.0 Å². The molecule has 0 spiro atoms. The number of esters is 1. The first-order valence-corrected chi connectivity index (χ1v) is 8.26. The summed E-state index contributed by atoms with van der Waals surface area (Å²) in [5.74, 6) is -0.160. The summed E-state index contributed by atoms with van der Waals surface area (Å²) >= 11 is 0. The number of anilines is 1. The van der Waals surface area contributed by atoms with Crippen LogP contribution in [-0.4, -0.2) is 39.6 Å². The zero-order valence-corrected chi connectivity index (χ0v) is 12.4. The summed E-state index contributed by atoms with van der Waals surface area (Å²) in [6.07, 6.45) is 1.51. The largest absolute Gasteiger partial charge is 0.493 e. The van der Waals surface area contributed by atoms with E-state index in [1.807, 2.05) is 0 Å². The molecule has 1 aromatic carbocycles. The van der Waals surface area contributed by atoms with Gasteiger partial charge >= 0.3 is 5.97 Å². The van der Waals surface area contributed by atoms with Gasteiger partial charge < -0.3 is 15.2 Å². The molecule has 0 aliphatic rings. The van der Waals surface area contributed by atoms with Crippen LogP contribution in [-0.2, 0) is 14.6 Å². The first-order chi connectivity index (χ1) is 9.33. The molecular formula is C13H19NO5S. The van der Waals surface area contributed by atoms with Crippen molar-refractivity contribution in [2.24, 2.45) is 0 Å². The van der Waals surface area contributed by atoms with Gasteiger partial charge in [-0.25, -0.2) is 13.2 Å². The lowest BCUT2D eigenvalue weighted by Gasteiger charge is -2.11. The molecule has 0 aliphatic carbocycles. The van der Waals surface area contributed by atoms with Gasteiger partial charge in [0, 0.05) is 18.0 Å². The molecule has 0 bridgehead atoms. The Morgan fingerprint density at radius 1 is 1.35 bits per heavy atom. The van der Waals surface area contributed by atoms with E-state index in [4.69, 9.17) is 15.2 Å². The van der Waals surface area contributed by atoms with Crippen molar-refractivity contribution in [3.8, 4) is 5.75 Å². The predicted octanol–water partition coefficient (Wildman–Crippen LogP) is 1.26. The summed E-state index contributed by atoms with van der Waals surface area (Å²) < 4.78 is 32.4. The van der Waals surface area contributed by atoms with Gasteiger partial charge in [0.2, 0.25) is 0 Å². The molecule has 20 heavy (non-hydrogen) atoms. The molecule has 0 unspecified atom stereocenters. The summed E-state index contributed by atoms with van der Waals surface area (Å²) in [6.45, 7) is 2.15. The van der Waals surface area contributed by atoms with Gasteiger partial charge in [0.1, 0.15) is 21.2 Å². The van der Waals surface area contributed by atoms with Crippen molar-refractivity contribution in [3.05, 3.63) is 23.8 Å². The maximum absolute atomic E-state index is 11.7. The van der Waals surface area contributed by atoms with E-state index >= 15 is 0 Å². The smallest absolute Gasteiger partial charge is 0.341 e. The van der Waals surface area contributed by atoms with E-state index in [9.17, 15) is 13.2 Å². The average molecular weight is 301 g/mol. The fourth-order valence-corrected chi connectivity index (χ4v) is 2.18. The number of carbonyl (C=O) groups is 1. The second-order valence-electron chi connectivity index (χ2n) is 4.31. The van der Waals surface area contributed by atoms with E-state index in [0.29, 0.717) is 17.9 Å². The van der Waals surface area contributed by atoms with E-state index in [-0.39, 0.29) is 24.5 Å². The van der Waals surface area contributed by atoms with Gasteiger partial charge in [-0.05, 0) is 25.5 Å². The highest BCUT2D eigenvalue weighted by Crippen LogP contribution is 2.23. The molecule has 7 heteroatoms. The highest BCUT2D eigenvalue weighted by molar-refractivity contribution is 7.90. The Balaban J connectivity index is 2.72. The zero-order valence-electron chi connectivity index (χ0n) is 11.6. The topological polar surface area (TPSA) is 95.7 Å². The maximum Gasteiger partial charge on any atom is 0.341 e. The molecule has 0 amide bonds. The zero-order chi connectivity index (χ0) is 15.2. The van der Waals surface area contributed by atoms with E-state index in [1.165, 1.54) is 12.1 Å². The summed E-state index contributed by atoms with van der Waals surface area (Å²) in [6, 6.07) is 4.63.